The summed E-state index contributed by atoms with van der Waals surface area (Å²) in [6, 6.07) is 7.23. The zero-order valence-electron chi connectivity index (χ0n) is 15.5. The maximum absolute atomic E-state index is 13.1. The predicted molar refractivity (Wildman–Crippen MR) is 101 cm³/mol. The summed E-state index contributed by atoms with van der Waals surface area (Å²) in [4.78, 5) is 0. The van der Waals surface area contributed by atoms with Gasteiger partial charge in [0.05, 0.1) is 0 Å². The molecule has 24 heavy (non-hydrogen) atoms. The fourth-order valence-corrected chi connectivity index (χ4v) is 5.21. The zero-order chi connectivity index (χ0) is 16.8. The van der Waals surface area contributed by atoms with Crippen LogP contribution in [0.15, 0.2) is 24.3 Å². The Kier molecular flexibility index (Phi) is 6.75. The summed E-state index contributed by atoms with van der Waals surface area (Å²) < 4.78 is 13.1. The molecule has 2 aliphatic rings. The monoisotopic (exact) mass is 330 g/mol. The number of benzene rings is 1. The fraction of sp³-hybridized carbons (Fsp3) is 0.739. The van der Waals surface area contributed by atoms with Crippen molar-refractivity contribution in [2.75, 3.05) is 0 Å². The summed E-state index contributed by atoms with van der Waals surface area (Å²) in [7, 11) is 0. The molecular weight excluding hydrogens is 295 g/mol. The van der Waals surface area contributed by atoms with Crippen LogP contribution in [0.5, 0.6) is 0 Å². The Labute approximate surface area is 148 Å². The van der Waals surface area contributed by atoms with Gasteiger partial charge < -0.3 is 0 Å². The van der Waals surface area contributed by atoms with Crippen molar-refractivity contribution in [3.63, 3.8) is 0 Å². The molecule has 0 N–H and O–H groups in total. The predicted octanol–water partition coefficient (Wildman–Crippen LogP) is 7.49. The number of hydrogen-bond acceptors (Lipinski definition) is 0. The molecule has 0 aliphatic heterocycles. The van der Waals surface area contributed by atoms with Gasteiger partial charge in [0.2, 0.25) is 0 Å². The second-order valence-corrected chi connectivity index (χ2v) is 8.52. The highest BCUT2D eigenvalue weighted by Gasteiger charge is 2.25. The summed E-state index contributed by atoms with van der Waals surface area (Å²) in [5.41, 5.74) is 1.35. The van der Waals surface area contributed by atoms with Crippen molar-refractivity contribution in [2.45, 2.75) is 89.9 Å². The van der Waals surface area contributed by atoms with Gasteiger partial charge in [-0.3, -0.25) is 0 Å². The number of halogens is 1. The Hall–Kier alpha value is -0.850. The van der Waals surface area contributed by atoms with E-state index in [0.717, 1.165) is 17.8 Å². The standard InChI is InChI=1S/C23H35F/c1-2-3-18-4-6-19(7-5-18)8-9-20-10-12-21(13-11-20)22-14-16-23(24)17-15-22/h14-21H,2-13H2,1H3. The minimum absolute atomic E-state index is 0.110. The Morgan fingerprint density at radius 2 is 1.17 bits per heavy atom. The van der Waals surface area contributed by atoms with Gasteiger partial charge in [0.25, 0.3) is 0 Å². The van der Waals surface area contributed by atoms with Crippen molar-refractivity contribution in [2.24, 2.45) is 17.8 Å². The maximum atomic E-state index is 13.1. The first kappa shape index (κ1) is 18.0. The molecule has 0 unspecified atom stereocenters. The van der Waals surface area contributed by atoms with E-state index in [4.69, 9.17) is 0 Å². The van der Waals surface area contributed by atoms with Crippen LogP contribution >= 0.6 is 0 Å². The molecule has 0 bridgehead atoms. The van der Waals surface area contributed by atoms with Crippen LogP contribution in [0.3, 0.4) is 0 Å². The first-order chi connectivity index (χ1) is 11.7. The molecule has 0 heterocycles. The molecule has 0 spiro atoms. The number of hydrogen-bond donors (Lipinski definition) is 0. The van der Waals surface area contributed by atoms with Crippen molar-refractivity contribution < 1.29 is 4.39 Å². The molecule has 1 aromatic carbocycles. The summed E-state index contributed by atoms with van der Waals surface area (Å²) >= 11 is 0. The first-order valence-corrected chi connectivity index (χ1v) is 10.5. The van der Waals surface area contributed by atoms with E-state index >= 15 is 0 Å². The van der Waals surface area contributed by atoms with Gasteiger partial charge in [0.1, 0.15) is 5.82 Å². The van der Waals surface area contributed by atoms with E-state index in [1.165, 1.54) is 82.6 Å². The van der Waals surface area contributed by atoms with E-state index in [-0.39, 0.29) is 5.82 Å². The number of rotatable bonds is 6. The molecule has 0 aromatic heterocycles. The molecule has 2 aliphatic carbocycles. The lowest BCUT2D eigenvalue weighted by Gasteiger charge is -2.32. The largest absolute Gasteiger partial charge is 0.207 e. The lowest BCUT2D eigenvalue weighted by Crippen LogP contribution is -2.17. The lowest BCUT2D eigenvalue weighted by atomic mass is 9.74. The van der Waals surface area contributed by atoms with Gasteiger partial charge in [-0.15, -0.1) is 0 Å². The zero-order valence-corrected chi connectivity index (χ0v) is 15.5. The molecule has 0 radical (unpaired) electrons. The molecular formula is C23H35F. The molecule has 0 saturated heterocycles. The van der Waals surface area contributed by atoms with Crippen molar-refractivity contribution in [3.8, 4) is 0 Å². The second-order valence-electron chi connectivity index (χ2n) is 8.52. The van der Waals surface area contributed by atoms with Crippen molar-refractivity contribution in [1.29, 1.82) is 0 Å². The molecule has 0 amide bonds. The fourth-order valence-electron chi connectivity index (χ4n) is 5.21. The Balaban J connectivity index is 1.35. The van der Waals surface area contributed by atoms with Crippen LogP contribution in [0.2, 0.25) is 0 Å². The highest BCUT2D eigenvalue weighted by atomic mass is 19.1. The van der Waals surface area contributed by atoms with E-state index < -0.39 is 0 Å². The average Bonchev–Trinajstić information content (AvgIpc) is 2.63. The average molecular weight is 331 g/mol. The first-order valence-electron chi connectivity index (χ1n) is 10.5. The van der Waals surface area contributed by atoms with Gasteiger partial charge in [0.15, 0.2) is 0 Å². The van der Waals surface area contributed by atoms with Gasteiger partial charge in [-0.2, -0.15) is 0 Å². The van der Waals surface area contributed by atoms with Gasteiger partial charge in [0, 0.05) is 0 Å². The van der Waals surface area contributed by atoms with Crippen molar-refractivity contribution >= 4 is 0 Å². The van der Waals surface area contributed by atoms with Crippen molar-refractivity contribution in [3.05, 3.63) is 35.6 Å². The molecule has 1 heteroatoms. The lowest BCUT2D eigenvalue weighted by molar-refractivity contribution is 0.224. The highest BCUT2D eigenvalue weighted by Crippen LogP contribution is 2.40. The molecule has 0 nitrogen and oxygen atoms in total. The van der Waals surface area contributed by atoms with Crippen LogP contribution in [0.25, 0.3) is 0 Å². The van der Waals surface area contributed by atoms with Crippen LogP contribution in [-0.2, 0) is 0 Å². The third-order valence-corrected chi connectivity index (χ3v) is 6.83. The summed E-state index contributed by atoms with van der Waals surface area (Å²) in [5, 5.41) is 0. The third-order valence-electron chi connectivity index (χ3n) is 6.83. The quantitative estimate of drug-likeness (QED) is 0.507. The van der Waals surface area contributed by atoms with E-state index in [1.807, 2.05) is 12.1 Å². The molecule has 2 saturated carbocycles. The molecule has 0 atom stereocenters. The van der Waals surface area contributed by atoms with Gasteiger partial charge in [-0.1, -0.05) is 70.4 Å². The minimum atomic E-state index is -0.110. The highest BCUT2D eigenvalue weighted by molar-refractivity contribution is 5.20. The van der Waals surface area contributed by atoms with Gasteiger partial charge in [-0.05, 0) is 67.1 Å². The Morgan fingerprint density at radius 3 is 1.67 bits per heavy atom. The van der Waals surface area contributed by atoms with Crippen LogP contribution in [0, 0.1) is 23.6 Å². The van der Waals surface area contributed by atoms with E-state index in [1.54, 1.807) is 12.1 Å². The molecule has 3 rings (SSSR count). The van der Waals surface area contributed by atoms with Crippen LogP contribution < -0.4 is 0 Å². The smallest absolute Gasteiger partial charge is 0.123 e. The topological polar surface area (TPSA) is 0 Å². The van der Waals surface area contributed by atoms with E-state index in [2.05, 4.69) is 6.92 Å². The van der Waals surface area contributed by atoms with E-state index in [0.29, 0.717) is 5.92 Å². The summed E-state index contributed by atoms with van der Waals surface area (Å²) in [6.07, 6.45) is 17.1. The minimum Gasteiger partial charge on any atom is -0.207 e. The van der Waals surface area contributed by atoms with Crippen LogP contribution in [-0.4, -0.2) is 0 Å². The van der Waals surface area contributed by atoms with Gasteiger partial charge >= 0.3 is 0 Å². The summed E-state index contributed by atoms with van der Waals surface area (Å²) in [5.74, 6) is 3.58. The molecule has 2 fully saturated rings. The maximum Gasteiger partial charge on any atom is 0.123 e. The Morgan fingerprint density at radius 1 is 0.708 bits per heavy atom. The summed E-state index contributed by atoms with van der Waals surface area (Å²) in [6.45, 7) is 2.33. The molecule has 1 aromatic rings. The second kappa shape index (κ2) is 9.02. The Bertz CT molecular complexity index is 461. The van der Waals surface area contributed by atoms with E-state index in [9.17, 15) is 4.39 Å². The third kappa shape index (κ3) is 5.07. The van der Waals surface area contributed by atoms with Crippen LogP contribution in [0.1, 0.15) is 95.5 Å². The normalized spacial score (nSPS) is 31.1. The SMILES string of the molecule is CCCC1CCC(CCC2CCC(c3ccc(F)cc3)CC2)CC1. The van der Waals surface area contributed by atoms with Crippen molar-refractivity contribution in [1.82, 2.24) is 0 Å². The molecule has 134 valence electrons. The van der Waals surface area contributed by atoms with Crippen LogP contribution in [0.4, 0.5) is 4.39 Å². The van der Waals surface area contributed by atoms with Gasteiger partial charge in [-0.25, -0.2) is 4.39 Å².